The maximum absolute atomic E-state index is 5.94. The molecule has 0 spiro atoms. The van der Waals surface area contributed by atoms with Crippen molar-refractivity contribution in [3.8, 4) is 11.1 Å². The molecular formula is C13H14ClN3. The summed E-state index contributed by atoms with van der Waals surface area (Å²) in [5.74, 6) is 0.918. The molecule has 0 radical (unpaired) electrons. The summed E-state index contributed by atoms with van der Waals surface area (Å²) in [5.41, 5.74) is 14.7. The molecule has 0 aliphatic heterocycles. The number of aryl methyl sites for hydroxylation is 1. The lowest BCUT2D eigenvalue weighted by Crippen LogP contribution is -2.02. The van der Waals surface area contributed by atoms with Crippen molar-refractivity contribution < 1.29 is 0 Å². The van der Waals surface area contributed by atoms with Gasteiger partial charge in [-0.2, -0.15) is 0 Å². The Morgan fingerprint density at radius 2 is 1.82 bits per heavy atom. The Bertz CT molecular complexity index is 535. The minimum atomic E-state index is 0.456. The van der Waals surface area contributed by atoms with Gasteiger partial charge in [0.25, 0.3) is 0 Å². The van der Waals surface area contributed by atoms with E-state index in [1.807, 2.05) is 30.3 Å². The van der Waals surface area contributed by atoms with Gasteiger partial charge in [0, 0.05) is 10.6 Å². The summed E-state index contributed by atoms with van der Waals surface area (Å²) in [5, 5.41) is 0.703. The van der Waals surface area contributed by atoms with Crippen molar-refractivity contribution in [2.75, 3.05) is 11.5 Å². The monoisotopic (exact) mass is 247 g/mol. The molecule has 1 aromatic heterocycles. The predicted molar refractivity (Wildman–Crippen MR) is 72.9 cm³/mol. The normalized spacial score (nSPS) is 10.5. The molecule has 2 aromatic rings. The Balaban J connectivity index is 2.61. The predicted octanol–water partition coefficient (Wildman–Crippen LogP) is 3.13. The summed E-state index contributed by atoms with van der Waals surface area (Å²) in [6.07, 6.45) is 0.856. The molecule has 2 rings (SSSR count). The molecule has 0 saturated heterocycles. The number of nitrogens with two attached hydrogens (primary N) is 2. The third-order valence-electron chi connectivity index (χ3n) is 2.66. The first-order valence-corrected chi connectivity index (χ1v) is 5.80. The largest absolute Gasteiger partial charge is 0.384 e. The number of anilines is 2. The molecule has 0 fully saturated rings. The molecule has 4 heteroatoms. The zero-order valence-corrected chi connectivity index (χ0v) is 10.3. The van der Waals surface area contributed by atoms with Crippen LogP contribution in [0.5, 0.6) is 0 Å². The van der Waals surface area contributed by atoms with Crippen LogP contribution in [0.1, 0.15) is 12.5 Å². The van der Waals surface area contributed by atoms with E-state index in [-0.39, 0.29) is 0 Å². The van der Waals surface area contributed by atoms with E-state index in [2.05, 4.69) is 11.9 Å². The van der Waals surface area contributed by atoms with Gasteiger partial charge in [0.2, 0.25) is 0 Å². The molecule has 0 aliphatic carbocycles. The highest BCUT2D eigenvalue weighted by molar-refractivity contribution is 6.30. The van der Waals surface area contributed by atoms with Crippen LogP contribution < -0.4 is 11.5 Å². The highest BCUT2D eigenvalue weighted by Crippen LogP contribution is 2.31. The molecule has 88 valence electrons. The SMILES string of the molecule is CCc1cc(N)nc(N)c1-c1ccc(Cl)cc1. The van der Waals surface area contributed by atoms with E-state index in [1.54, 1.807) is 0 Å². The van der Waals surface area contributed by atoms with E-state index < -0.39 is 0 Å². The molecule has 3 nitrogen and oxygen atoms in total. The van der Waals surface area contributed by atoms with Crippen molar-refractivity contribution in [1.82, 2.24) is 4.98 Å². The van der Waals surface area contributed by atoms with Gasteiger partial charge in [0.15, 0.2) is 0 Å². The number of benzene rings is 1. The second-order valence-corrected chi connectivity index (χ2v) is 4.26. The van der Waals surface area contributed by atoms with Gasteiger partial charge in [-0.1, -0.05) is 30.7 Å². The minimum Gasteiger partial charge on any atom is -0.384 e. The summed E-state index contributed by atoms with van der Waals surface area (Å²) < 4.78 is 0. The topological polar surface area (TPSA) is 64.9 Å². The van der Waals surface area contributed by atoms with E-state index >= 15 is 0 Å². The Hall–Kier alpha value is -1.74. The first-order valence-electron chi connectivity index (χ1n) is 5.42. The number of hydrogen-bond acceptors (Lipinski definition) is 3. The zero-order valence-electron chi connectivity index (χ0n) is 9.57. The van der Waals surface area contributed by atoms with Crippen LogP contribution in [0.2, 0.25) is 5.02 Å². The molecule has 1 heterocycles. The third-order valence-corrected chi connectivity index (χ3v) is 2.91. The second-order valence-electron chi connectivity index (χ2n) is 3.83. The van der Waals surface area contributed by atoms with Crippen molar-refractivity contribution >= 4 is 23.2 Å². The number of nitrogen functional groups attached to an aromatic ring is 2. The van der Waals surface area contributed by atoms with Gasteiger partial charge >= 0.3 is 0 Å². The molecular weight excluding hydrogens is 234 g/mol. The number of hydrogen-bond donors (Lipinski definition) is 2. The summed E-state index contributed by atoms with van der Waals surface area (Å²) in [7, 11) is 0. The summed E-state index contributed by atoms with van der Waals surface area (Å²) in [4.78, 5) is 4.10. The van der Waals surface area contributed by atoms with Crippen LogP contribution in [-0.2, 0) is 6.42 Å². The molecule has 4 N–H and O–H groups in total. The van der Waals surface area contributed by atoms with E-state index in [9.17, 15) is 0 Å². The van der Waals surface area contributed by atoms with Crippen LogP contribution in [0.15, 0.2) is 30.3 Å². The highest BCUT2D eigenvalue weighted by Gasteiger charge is 2.10. The third kappa shape index (κ3) is 2.34. The van der Waals surface area contributed by atoms with Gasteiger partial charge < -0.3 is 11.5 Å². The van der Waals surface area contributed by atoms with Crippen LogP contribution in [-0.4, -0.2) is 4.98 Å². The van der Waals surface area contributed by atoms with Gasteiger partial charge in [0.05, 0.1) is 0 Å². The minimum absolute atomic E-state index is 0.456. The number of rotatable bonds is 2. The summed E-state index contributed by atoms with van der Waals surface area (Å²) >= 11 is 5.87. The highest BCUT2D eigenvalue weighted by atomic mass is 35.5. The van der Waals surface area contributed by atoms with Crippen molar-refractivity contribution in [2.24, 2.45) is 0 Å². The van der Waals surface area contributed by atoms with Crippen molar-refractivity contribution in [1.29, 1.82) is 0 Å². The van der Waals surface area contributed by atoms with Gasteiger partial charge in [-0.25, -0.2) is 4.98 Å². The number of pyridine rings is 1. The number of halogens is 1. The fourth-order valence-corrected chi connectivity index (χ4v) is 2.00. The fourth-order valence-electron chi connectivity index (χ4n) is 1.87. The molecule has 0 bridgehead atoms. The summed E-state index contributed by atoms with van der Waals surface area (Å²) in [6.45, 7) is 2.06. The lowest BCUT2D eigenvalue weighted by Gasteiger charge is -2.11. The zero-order chi connectivity index (χ0) is 12.4. The average molecular weight is 248 g/mol. The van der Waals surface area contributed by atoms with Crippen LogP contribution in [0, 0.1) is 0 Å². The molecule has 17 heavy (non-hydrogen) atoms. The molecule has 0 saturated carbocycles. The van der Waals surface area contributed by atoms with Gasteiger partial charge in [0.1, 0.15) is 11.6 Å². The molecule has 0 atom stereocenters. The van der Waals surface area contributed by atoms with E-state index in [1.165, 1.54) is 0 Å². The Morgan fingerprint density at radius 1 is 1.18 bits per heavy atom. The Kier molecular flexibility index (Phi) is 3.20. The Morgan fingerprint density at radius 3 is 2.41 bits per heavy atom. The Labute approximate surface area is 105 Å². The van der Waals surface area contributed by atoms with Crippen LogP contribution in [0.25, 0.3) is 11.1 Å². The molecule has 1 aromatic carbocycles. The first kappa shape index (κ1) is 11.7. The lowest BCUT2D eigenvalue weighted by atomic mass is 9.99. The molecule has 0 unspecified atom stereocenters. The second kappa shape index (κ2) is 4.63. The smallest absolute Gasteiger partial charge is 0.133 e. The fraction of sp³-hybridized carbons (Fsp3) is 0.154. The number of aromatic nitrogens is 1. The number of nitrogens with zero attached hydrogens (tertiary/aromatic N) is 1. The van der Waals surface area contributed by atoms with Gasteiger partial charge in [-0.3, -0.25) is 0 Å². The van der Waals surface area contributed by atoms with Crippen molar-refractivity contribution in [3.63, 3.8) is 0 Å². The van der Waals surface area contributed by atoms with Crippen LogP contribution in [0.3, 0.4) is 0 Å². The molecule has 0 aliphatic rings. The standard InChI is InChI=1S/C13H14ClN3/c1-2-8-7-11(15)17-13(16)12(8)9-3-5-10(14)6-4-9/h3-7H,2H2,1H3,(H4,15,16,17). The van der Waals surface area contributed by atoms with Crippen molar-refractivity contribution in [3.05, 3.63) is 40.9 Å². The van der Waals surface area contributed by atoms with E-state index in [0.717, 1.165) is 23.1 Å². The maximum Gasteiger partial charge on any atom is 0.133 e. The maximum atomic E-state index is 5.94. The van der Waals surface area contributed by atoms with E-state index in [0.29, 0.717) is 16.7 Å². The lowest BCUT2D eigenvalue weighted by molar-refractivity contribution is 1.13. The van der Waals surface area contributed by atoms with E-state index in [4.69, 9.17) is 23.1 Å². The first-order chi connectivity index (χ1) is 8.11. The van der Waals surface area contributed by atoms with Crippen LogP contribution >= 0.6 is 11.6 Å². The van der Waals surface area contributed by atoms with Gasteiger partial charge in [-0.05, 0) is 35.7 Å². The summed E-state index contributed by atoms with van der Waals surface area (Å²) in [6, 6.07) is 9.41. The van der Waals surface area contributed by atoms with Crippen molar-refractivity contribution in [2.45, 2.75) is 13.3 Å². The van der Waals surface area contributed by atoms with Crippen LogP contribution in [0.4, 0.5) is 11.6 Å². The quantitative estimate of drug-likeness (QED) is 0.857. The average Bonchev–Trinajstić information content (AvgIpc) is 2.30. The van der Waals surface area contributed by atoms with Gasteiger partial charge in [-0.15, -0.1) is 0 Å². The molecule has 0 amide bonds.